The minimum atomic E-state index is -0.474. The van der Waals surface area contributed by atoms with Crippen LogP contribution in [0.3, 0.4) is 0 Å². The molecule has 0 saturated heterocycles. The molecule has 19 heavy (non-hydrogen) atoms. The molecule has 2 N–H and O–H groups in total. The highest BCUT2D eigenvalue weighted by Gasteiger charge is 2.13. The standard InChI is InChI=1S/C11H17N5O3/c1-12-9-6-8(16(18)19)7-10(14-9)15(3)5-4-11(17)13-2/h6-7H,4-5H2,1-3H3,(H,12,14)(H,13,17). The van der Waals surface area contributed by atoms with Gasteiger partial charge in [-0.25, -0.2) is 4.98 Å². The fraction of sp³-hybridized carbons (Fsp3) is 0.455. The first-order valence-corrected chi connectivity index (χ1v) is 5.74. The van der Waals surface area contributed by atoms with Gasteiger partial charge in [-0.3, -0.25) is 14.9 Å². The smallest absolute Gasteiger partial charge is 0.276 e. The summed E-state index contributed by atoms with van der Waals surface area (Å²) >= 11 is 0. The Hall–Kier alpha value is -2.38. The lowest BCUT2D eigenvalue weighted by Gasteiger charge is -2.18. The molecule has 0 spiro atoms. The van der Waals surface area contributed by atoms with Crippen LogP contribution in [0.5, 0.6) is 0 Å². The molecule has 0 atom stereocenters. The Kier molecular flexibility index (Phi) is 5.04. The number of rotatable bonds is 6. The normalized spacial score (nSPS) is 9.84. The number of nitrogens with one attached hydrogen (secondary N) is 2. The Morgan fingerprint density at radius 1 is 1.47 bits per heavy atom. The van der Waals surface area contributed by atoms with Gasteiger partial charge in [0, 0.05) is 34.1 Å². The molecule has 0 aromatic carbocycles. The summed E-state index contributed by atoms with van der Waals surface area (Å²) in [6.45, 7) is 0.428. The highest BCUT2D eigenvalue weighted by Crippen LogP contribution is 2.22. The number of carbonyl (C=O) groups is 1. The Bertz CT molecular complexity index is 477. The number of pyridine rings is 1. The topological polar surface area (TPSA) is 100 Å². The van der Waals surface area contributed by atoms with E-state index in [-0.39, 0.29) is 11.6 Å². The van der Waals surface area contributed by atoms with Gasteiger partial charge in [0.1, 0.15) is 11.6 Å². The molecule has 0 fully saturated rings. The maximum atomic E-state index is 11.2. The first kappa shape index (κ1) is 14.7. The second-order valence-corrected chi connectivity index (χ2v) is 3.92. The summed E-state index contributed by atoms with van der Waals surface area (Å²) in [5.74, 6) is 0.768. The lowest BCUT2D eigenvalue weighted by Crippen LogP contribution is -2.27. The van der Waals surface area contributed by atoms with E-state index in [4.69, 9.17) is 0 Å². The van der Waals surface area contributed by atoms with Crippen molar-refractivity contribution in [3.63, 3.8) is 0 Å². The quantitative estimate of drug-likeness (QED) is 0.578. The van der Waals surface area contributed by atoms with Gasteiger partial charge in [-0.2, -0.15) is 0 Å². The molecule has 104 valence electrons. The number of nitro groups is 1. The number of anilines is 2. The SMILES string of the molecule is CNC(=O)CCN(C)c1cc([N+](=O)[O-])cc(NC)n1. The molecule has 1 heterocycles. The molecule has 1 aromatic heterocycles. The summed E-state index contributed by atoms with van der Waals surface area (Å²) in [4.78, 5) is 27.4. The molecule has 1 rings (SSSR count). The predicted molar refractivity (Wildman–Crippen MR) is 72.4 cm³/mol. The van der Waals surface area contributed by atoms with Crippen LogP contribution in [0.1, 0.15) is 6.42 Å². The molecule has 1 aromatic rings. The molecule has 0 bridgehead atoms. The van der Waals surface area contributed by atoms with E-state index < -0.39 is 4.92 Å². The van der Waals surface area contributed by atoms with E-state index in [1.54, 1.807) is 26.0 Å². The molecule has 1 amide bonds. The third-order valence-electron chi connectivity index (χ3n) is 2.61. The van der Waals surface area contributed by atoms with Crippen molar-refractivity contribution in [3.8, 4) is 0 Å². The van der Waals surface area contributed by atoms with Crippen LogP contribution in [-0.4, -0.2) is 43.5 Å². The summed E-state index contributed by atoms with van der Waals surface area (Å²) in [6, 6.07) is 2.74. The van der Waals surface area contributed by atoms with Gasteiger partial charge in [0.25, 0.3) is 5.69 Å². The second-order valence-electron chi connectivity index (χ2n) is 3.92. The number of nitrogens with zero attached hydrogens (tertiary/aromatic N) is 3. The molecule has 0 aliphatic rings. The summed E-state index contributed by atoms with van der Waals surface area (Å²) in [6.07, 6.45) is 0.298. The molecular weight excluding hydrogens is 250 g/mol. The Morgan fingerprint density at radius 3 is 2.68 bits per heavy atom. The van der Waals surface area contributed by atoms with Crippen molar-refractivity contribution >= 4 is 23.2 Å². The van der Waals surface area contributed by atoms with E-state index in [0.717, 1.165) is 0 Å². The second kappa shape index (κ2) is 6.53. The zero-order chi connectivity index (χ0) is 14.4. The van der Waals surface area contributed by atoms with Crippen LogP contribution >= 0.6 is 0 Å². The van der Waals surface area contributed by atoms with Gasteiger partial charge in [-0.15, -0.1) is 0 Å². The van der Waals surface area contributed by atoms with Crippen LogP contribution in [-0.2, 0) is 4.79 Å². The summed E-state index contributed by atoms with van der Waals surface area (Å²) in [7, 11) is 4.93. The monoisotopic (exact) mass is 267 g/mol. The van der Waals surface area contributed by atoms with E-state index in [2.05, 4.69) is 15.6 Å². The van der Waals surface area contributed by atoms with Gasteiger partial charge in [-0.05, 0) is 0 Å². The van der Waals surface area contributed by atoms with Crippen LogP contribution in [0.25, 0.3) is 0 Å². The number of amides is 1. The fourth-order valence-corrected chi connectivity index (χ4v) is 1.44. The molecule has 0 aliphatic carbocycles. The van der Waals surface area contributed by atoms with Crippen LogP contribution in [0.15, 0.2) is 12.1 Å². The molecule has 0 aliphatic heterocycles. The van der Waals surface area contributed by atoms with Crippen molar-refractivity contribution in [1.29, 1.82) is 0 Å². The third-order valence-corrected chi connectivity index (χ3v) is 2.61. The van der Waals surface area contributed by atoms with Crippen molar-refractivity contribution < 1.29 is 9.72 Å². The molecular formula is C11H17N5O3. The Balaban J connectivity index is 2.89. The number of hydrogen-bond donors (Lipinski definition) is 2. The van der Waals surface area contributed by atoms with Crippen molar-refractivity contribution in [3.05, 3.63) is 22.2 Å². The molecule has 0 radical (unpaired) electrons. The van der Waals surface area contributed by atoms with Crippen molar-refractivity contribution in [2.24, 2.45) is 0 Å². The first-order valence-electron chi connectivity index (χ1n) is 5.74. The van der Waals surface area contributed by atoms with E-state index in [0.29, 0.717) is 24.6 Å². The zero-order valence-electron chi connectivity index (χ0n) is 11.1. The maximum absolute atomic E-state index is 11.2. The minimum Gasteiger partial charge on any atom is -0.373 e. The highest BCUT2D eigenvalue weighted by molar-refractivity contribution is 5.76. The molecule has 0 saturated carbocycles. The lowest BCUT2D eigenvalue weighted by molar-refractivity contribution is -0.384. The molecule has 8 heteroatoms. The predicted octanol–water partition coefficient (Wildman–Crippen LogP) is 0.604. The fourth-order valence-electron chi connectivity index (χ4n) is 1.44. The maximum Gasteiger partial charge on any atom is 0.276 e. The number of carbonyl (C=O) groups excluding carboxylic acids is 1. The van der Waals surface area contributed by atoms with Gasteiger partial charge in [-0.1, -0.05) is 0 Å². The largest absolute Gasteiger partial charge is 0.373 e. The summed E-state index contributed by atoms with van der Waals surface area (Å²) in [5, 5.41) is 16.1. The number of aromatic nitrogens is 1. The van der Waals surface area contributed by atoms with Gasteiger partial charge in [0.15, 0.2) is 0 Å². The van der Waals surface area contributed by atoms with Crippen molar-refractivity contribution in [1.82, 2.24) is 10.3 Å². The van der Waals surface area contributed by atoms with Crippen LogP contribution in [0.2, 0.25) is 0 Å². The van der Waals surface area contributed by atoms with E-state index in [1.807, 2.05) is 0 Å². The van der Waals surface area contributed by atoms with Gasteiger partial charge < -0.3 is 15.5 Å². The molecule has 0 unspecified atom stereocenters. The summed E-state index contributed by atoms with van der Waals surface area (Å²) in [5.41, 5.74) is -0.0406. The Labute approximate surface area is 111 Å². The van der Waals surface area contributed by atoms with Crippen LogP contribution in [0.4, 0.5) is 17.3 Å². The minimum absolute atomic E-state index is 0.0406. The highest BCUT2D eigenvalue weighted by atomic mass is 16.6. The van der Waals surface area contributed by atoms with E-state index in [1.165, 1.54) is 12.1 Å². The van der Waals surface area contributed by atoms with Crippen molar-refractivity contribution in [2.45, 2.75) is 6.42 Å². The van der Waals surface area contributed by atoms with E-state index >= 15 is 0 Å². The van der Waals surface area contributed by atoms with Crippen LogP contribution < -0.4 is 15.5 Å². The lowest BCUT2D eigenvalue weighted by atomic mass is 10.3. The average Bonchev–Trinajstić information content (AvgIpc) is 2.43. The molecule has 8 nitrogen and oxygen atoms in total. The first-order chi connectivity index (χ1) is 8.97. The van der Waals surface area contributed by atoms with E-state index in [9.17, 15) is 14.9 Å². The third kappa shape index (κ3) is 4.09. The van der Waals surface area contributed by atoms with Crippen LogP contribution in [0, 0.1) is 10.1 Å². The van der Waals surface area contributed by atoms with Gasteiger partial charge in [0.05, 0.1) is 17.1 Å². The zero-order valence-corrected chi connectivity index (χ0v) is 11.1. The number of hydrogen-bond acceptors (Lipinski definition) is 6. The Morgan fingerprint density at radius 2 is 2.16 bits per heavy atom. The van der Waals surface area contributed by atoms with Gasteiger partial charge >= 0.3 is 0 Å². The average molecular weight is 267 g/mol. The van der Waals surface area contributed by atoms with Gasteiger partial charge in [0.2, 0.25) is 5.91 Å². The summed E-state index contributed by atoms with van der Waals surface area (Å²) < 4.78 is 0. The van der Waals surface area contributed by atoms with Crippen molar-refractivity contribution in [2.75, 3.05) is 37.9 Å².